The zero-order chi connectivity index (χ0) is 19.0. The first-order valence-electron chi connectivity index (χ1n) is 7.26. The van der Waals surface area contributed by atoms with Gasteiger partial charge < -0.3 is 14.2 Å². The summed E-state index contributed by atoms with van der Waals surface area (Å²) < 4.78 is 14.2. The molecule has 0 fully saturated rings. The highest BCUT2D eigenvalue weighted by atomic mass is 16.6. The first-order valence-corrected chi connectivity index (χ1v) is 7.26. The molecule has 0 bridgehead atoms. The predicted molar refractivity (Wildman–Crippen MR) is 86.3 cm³/mol. The van der Waals surface area contributed by atoms with E-state index < -0.39 is 18.3 Å². The fourth-order valence-electron chi connectivity index (χ4n) is 1.36. The van der Waals surface area contributed by atoms with E-state index in [0.29, 0.717) is 0 Å². The zero-order valence-corrected chi connectivity index (χ0v) is 14.4. The van der Waals surface area contributed by atoms with Crippen LogP contribution < -0.4 is 16.0 Å². The van der Waals surface area contributed by atoms with Crippen LogP contribution in [0.1, 0.15) is 27.7 Å². The number of hydrogen-bond acceptors (Lipinski definition) is 9. The summed E-state index contributed by atoms with van der Waals surface area (Å²) in [6.07, 6.45) is -3.22. The molecule has 3 N–H and O–H groups in total. The van der Waals surface area contributed by atoms with Crippen LogP contribution in [0.5, 0.6) is 0 Å². The molecular formula is C13H20N6O6. The van der Waals surface area contributed by atoms with Crippen LogP contribution in [0.15, 0.2) is 0 Å². The minimum Gasteiger partial charge on any atom is -0.453 e. The average Bonchev–Trinajstić information content (AvgIpc) is 2.44. The van der Waals surface area contributed by atoms with E-state index in [1.54, 1.807) is 27.7 Å². The molecule has 0 spiro atoms. The Balaban J connectivity index is 2.99. The zero-order valence-electron chi connectivity index (χ0n) is 14.4. The van der Waals surface area contributed by atoms with Gasteiger partial charge in [0.05, 0.1) is 19.3 Å². The third-order valence-corrected chi connectivity index (χ3v) is 2.15. The Hall–Kier alpha value is -3.18. The predicted octanol–water partition coefficient (Wildman–Crippen LogP) is 1.96. The van der Waals surface area contributed by atoms with Crippen LogP contribution in [-0.2, 0) is 14.2 Å². The number of ether oxygens (including phenoxy) is 3. The molecule has 1 rings (SSSR count). The summed E-state index contributed by atoms with van der Waals surface area (Å²) in [6, 6.07) is 0. The molecule has 0 aliphatic carbocycles. The molecule has 12 heteroatoms. The number of amides is 3. The van der Waals surface area contributed by atoms with E-state index in [0.717, 1.165) is 7.11 Å². The summed E-state index contributed by atoms with van der Waals surface area (Å²) in [6.45, 7) is 6.64. The van der Waals surface area contributed by atoms with Gasteiger partial charge in [-0.3, -0.25) is 16.0 Å². The largest absolute Gasteiger partial charge is 0.453 e. The highest BCUT2D eigenvalue weighted by molar-refractivity contribution is 5.86. The molecule has 1 aromatic rings. The molecule has 0 atom stereocenters. The number of nitrogens with zero attached hydrogens (tertiary/aromatic N) is 3. The van der Waals surface area contributed by atoms with Crippen LogP contribution >= 0.6 is 0 Å². The maximum Gasteiger partial charge on any atom is 0.414 e. The Labute approximate surface area is 143 Å². The SMILES string of the molecule is COC(=O)Nc1nc(NC(=O)OC(C)C)nc(NC(=O)OC(C)C)n1. The minimum absolute atomic E-state index is 0.257. The molecule has 138 valence electrons. The summed E-state index contributed by atoms with van der Waals surface area (Å²) >= 11 is 0. The van der Waals surface area contributed by atoms with Crippen LogP contribution in [0, 0.1) is 0 Å². The van der Waals surface area contributed by atoms with E-state index in [-0.39, 0.29) is 30.1 Å². The van der Waals surface area contributed by atoms with Crippen molar-refractivity contribution in [2.45, 2.75) is 39.9 Å². The smallest absolute Gasteiger partial charge is 0.414 e. The van der Waals surface area contributed by atoms with E-state index in [4.69, 9.17) is 9.47 Å². The highest BCUT2D eigenvalue weighted by Gasteiger charge is 2.15. The van der Waals surface area contributed by atoms with Crippen LogP contribution in [-0.4, -0.2) is 52.5 Å². The molecule has 0 aromatic carbocycles. The lowest BCUT2D eigenvalue weighted by Gasteiger charge is -2.11. The van der Waals surface area contributed by atoms with Gasteiger partial charge in [-0.1, -0.05) is 0 Å². The summed E-state index contributed by atoms with van der Waals surface area (Å²) in [5, 5.41) is 6.70. The lowest BCUT2D eigenvalue weighted by Crippen LogP contribution is -2.23. The van der Waals surface area contributed by atoms with Gasteiger partial charge in [0.1, 0.15) is 0 Å². The normalized spacial score (nSPS) is 10.2. The van der Waals surface area contributed by atoms with Crippen LogP contribution in [0.2, 0.25) is 0 Å². The third-order valence-electron chi connectivity index (χ3n) is 2.15. The third kappa shape index (κ3) is 7.76. The number of aromatic nitrogens is 3. The molecule has 0 saturated heterocycles. The summed E-state index contributed by atoms with van der Waals surface area (Å²) in [5.74, 6) is -0.777. The van der Waals surface area contributed by atoms with E-state index in [9.17, 15) is 14.4 Å². The van der Waals surface area contributed by atoms with Crippen molar-refractivity contribution in [3.8, 4) is 0 Å². The molecule has 3 amide bonds. The van der Waals surface area contributed by atoms with Crippen molar-refractivity contribution in [3.05, 3.63) is 0 Å². The number of methoxy groups -OCH3 is 1. The van der Waals surface area contributed by atoms with Crippen molar-refractivity contribution in [2.24, 2.45) is 0 Å². The molecule has 1 aromatic heterocycles. The molecule has 1 heterocycles. The Morgan fingerprint density at radius 1 is 0.720 bits per heavy atom. The van der Waals surface area contributed by atoms with Gasteiger partial charge >= 0.3 is 18.3 Å². The summed E-state index contributed by atoms with van der Waals surface area (Å²) in [5.41, 5.74) is 0. The van der Waals surface area contributed by atoms with Gasteiger partial charge in [0.25, 0.3) is 0 Å². The Bertz CT molecular complexity index is 593. The quantitative estimate of drug-likeness (QED) is 0.671. The van der Waals surface area contributed by atoms with Crippen molar-refractivity contribution in [1.82, 2.24) is 15.0 Å². The van der Waals surface area contributed by atoms with Crippen molar-refractivity contribution >= 4 is 36.1 Å². The van der Waals surface area contributed by atoms with Gasteiger partial charge in [0, 0.05) is 0 Å². The maximum absolute atomic E-state index is 11.6. The molecule has 0 aliphatic heterocycles. The first-order chi connectivity index (χ1) is 11.7. The van der Waals surface area contributed by atoms with Crippen molar-refractivity contribution in [2.75, 3.05) is 23.1 Å². The van der Waals surface area contributed by atoms with Gasteiger partial charge in [-0.05, 0) is 27.7 Å². The number of hydrogen-bond donors (Lipinski definition) is 3. The second-order valence-corrected chi connectivity index (χ2v) is 5.08. The highest BCUT2D eigenvalue weighted by Crippen LogP contribution is 2.11. The molecule has 12 nitrogen and oxygen atoms in total. The van der Waals surface area contributed by atoms with Crippen LogP contribution in [0.3, 0.4) is 0 Å². The van der Waals surface area contributed by atoms with Crippen molar-refractivity contribution in [3.63, 3.8) is 0 Å². The lowest BCUT2D eigenvalue weighted by atomic mass is 10.5. The summed E-state index contributed by atoms with van der Waals surface area (Å²) in [7, 11) is 1.15. The average molecular weight is 356 g/mol. The molecule has 0 unspecified atom stereocenters. The number of rotatable bonds is 5. The number of carbonyl (C=O) groups excluding carboxylic acids is 3. The van der Waals surface area contributed by atoms with E-state index in [1.807, 2.05) is 0 Å². The van der Waals surface area contributed by atoms with Gasteiger partial charge in [0.2, 0.25) is 17.8 Å². The Morgan fingerprint density at radius 2 is 1.04 bits per heavy atom. The standard InChI is InChI=1S/C13H20N6O6/c1-6(2)24-12(21)18-9-14-8(17-11(20)23-5)15-10(16-9)19-13(22)25-7(3)4/h6-7H,1-5H3,(H3,14,15,16,17,18,19,20,21,22). The molecule has 0 saturated carbocycles. The summed E-state index contributed by atoms with van der Waals surface area (Å²) in [4.78, 5) is 46.0. The van der Waals surface area contributed by atoms with Crippen LogP contribution in [0.4, 0.5) is 32.2 Å². The second-order valence-electron chi connectivity index (χ2n) is 5.08. The molecular weight excluding hydrogens is 336 g/mol. The molecule has 0 radical (unpaired) electrons. The van der Waals surface area contributed by atoms with Gasteiger partial charge in [-0.2, -0.15) is 15.0 Å². The van der Waals surface area contributed by atoms with Gasteiger partial charge in [-0.15, -0.1) is 0 Å². The second kappa shape index (κ2) is 9.20. The van der Waals surface area contributed by atoms with Crippen molar-refractivity contribution < 1.29 is 28.6 Å². The topological polar surface area (TPSA) is 154 Å². The van der Waals surface area contributed by atoms with Gasteiger partial charge in [0.15, 0.2) is 0 Å². The minimum atomic E-state index is -0.849. The first kappa shape index (κ1) is 19.9. The number of anilines is 3. The Morgan fingerprint density at radius 3 is 1.32 bits per heavy atom. The van der Waals surface area contributed by atoms with Crippen molar-refractivity contribution in [1.29, 1.82) is 0 Å². The van der Waals surface area contributed by atoms with E-state index in [1.165, 1.54) is 0 Å². The Kier molecular flexibility index (Phi) is 7.31. The number of nitrogens with one attached hydrogen (secondary N) is 3. The maximum atomic E-state index is 11.6. The van der Waals surface area contributed by atoms with E-state index >= 15 is 0 Å². The number of carbonyl (C=O) groups is 3. The molecule has 0 aliphatic rings. The van der Waals surface area contributed by atoms with Gasteiger partial charge in [-0.25, -0.2) is 14.4 Å². The lowest BCUT2D eigenvalue weighted by molar-refractivity contribution is 0.129. The monoisotopic (exact) mass is 356 g/mol. The fourth-order valence-corrected chi connectivity index (χ4v) is 1.36. The van der Waals surface area contributed by atoms with Crippen LogP contribution in [0.25, 0.3) is 0 Å². The van der Waals surface area contributed by atoms with E-state index in [2.05, 4.69) is 35.6 Å². The molecule has 25 heavy (non-hydrogen) atoms. The fraction of sp³-hybridized carbons (Fsp3) is 0.538.